The van der Waals surface area contributed by atoms with Crippen LogP contribution in [-0.2, 0) is 6.54 Å². The number of piperidine rings is 1. The molecule has 3 heteroatoms. The van der Waals surface area contributed by atoms with E-state index in [1.165, 1.54) is 17.5 Å². The van der Waals surface area contributed by atoms with Crippen molar-refractivity contribution < 1.29 is 4.74 Å². The van der Waals surface area contributed by atoms with Gasteiger partial charge in [-0.1, -0.05) is 45.0 Å². The molecule has 1 aliphatic heterocycles. The summed E-state index contributed by atoms with van der Waals surface area (Å²) in [4.78, 5) is 6.80. The molecule has 1 aliphatic rings. The van der Waals surface area contributed by atoms with Gasteiger partial charge in [0.15, 0.2) is 0 Å². The molecule has 0 N–H and O–H groups in total. The van der Waals surface area contributed by atoms with Gasteiger partial charge in [-0.05, 0) is 53.5 Å². The zero-order valence-corrected chi connectivity index (χ0v) is 15.9. The Hall–Kier alpha value is -1.87. The Morgan fingerprint density at radius 1 is 1.24 bits per heavy atom. The normalized spacial score (nSPS) is 21.5. The Morgan fingerprint density at radius 3 is 2.80 bits per heavy atom. The van der Waals surface area contributed by atoms with E-state index in [1.807, 2.05) is 6.20 Å². The van der Waals surface area contributed by atoms with Gasteiger partial charge in [0.2, 0.25) is 5.88 Å². The van der Waals surface area contributed by atoms with Gasteiger partial charge in [0.05, 0.1) is 7.11 Å². The van der Waals surface area contributed by atoms with Crippen molar-refractivity contribution in [3.8, 4) is 5.88 Å². The predicted molar refractivity (Wildman–Crippen MR) is 103 cm³/mol. The fourth-order valence-electron chi connectivity index (χ4n) is 3.98. The molecular weight excluding hydrogens is 308 g/mol. The second-order valence-corrected chi connectivity index (χ2v) is 7.60. The van der Waals surface area contributed by atoms with Crippen LogP contribution in [0.4, 0.5) is 0 Å². The summed E-state index contributed by atoms with van der Waals surface area (Å²) in [6.45, 7) is 10.3. The summed E-state index contributed by atoms with van der Waals surface area (Å²) in [6.07, 6.45) is 3.09. The standard InChI is InChI=1S/C22H30N2O/c1-16(2)19-7-5-6-8-20(19)21-15-24(12-10-17(21)3)14-18-9-11-23-22(13-18)25-4/h5-9,11,13,16-17,21H,10,12,14-15H2,1-4H3. The van der Waals surface area contributed by atoms with E-state index in [4.69, 9.17) is 4.74 Å². The molecule has 3 nitrogen and oxygen atoms in total. The van der Waals surface area contributed by atoms with Crippen molar-refractivity contribution in [2.45, 2.75) is 45.6 Å². The summed E-state index contributed by atoms with van der Waals surface area (Å²) in [5.74, 6) is 2.60. The molecule has 0 bridgehead atoms. The number of aromatic nitrogens is 1. The topological polar surface area (TPSA) is 25.4 Å². The minimum atomic E-state index is 0.572. The lowest BCUT2D eigenvalue weighted by Crippen LogP contribution is -2.38. The smallest absolute Gasteiger partial charge is 0.213 e. The zero-order valence-electron chi connectivity index (χ0n) is 15.9. The van der Waals surface area contributed by atoms with Crippen LogP contribution in [0.15, 0.2) is 42.6 Å². The summed E-state index contributed by atoms with van der Waals surface area (Å²) >= 11 is 0. The summed E-state index contributed by atoms with van der Waals surface area (Å²) in [7, 11) is 1.67. The largest absolute Gasteiger partial charge is 0.481 e. The van der Waals surface area contributed by atoms with E-state index in [0.29, 0.717) is 17.7 Å². The van der Waals surface area contributed by atoms with E-state index in [0.717, 1.165) is 25.6 Å². The maximum Gasteiger partial charge on any atom is 0.213 e. The van der Waals surface area contributed by atoms with Crippen LogP contribution in [0.3, 0.4) is 0 Å². The van der Waals surface area contributed by atoms with Crippen LogP contribution in [0.2, 0.25) is 0 Å². The molecule has 1 fully saturated rings. The fraction of sp³-hybridized carbons (Fsp3) is 0.500. The van der Waals surface area contributed by atoms with E-state index in [2.05, 4.69) is 67.1 Å². The van der Waals surface area contributed by atoms with Gasteiger partial charge in [-0.3, -0.25) is 4.90 Å². The van der Waals surface area contributed by atoms with Crippen LogP contribution in [0.1, 0.15) is 55.7 Å². The molecule has 1 aromatic heterocycles. The van der Waals surface area contributed by atoms with E-state index in [-0.39, 0.29) is 0 Å². The molecule has 2 unspecified atom stereocenters. The summed E-state index contributed by atoms with van der Waals surface area (Å²) in [5, 5.41) is 0. The van der Waals surface area contributed by atoms with Gasteiger partial charge >= 0.3 is 0 Å². The molecule has 0 amide bonds. The molecule has 0 aliphatic carbocycles. The average molecular weight is 338 g/mol. The molecule has 2 aromatic rings. The van der Waals surface area contributed by atoms with Gasteiger partial charge in [-0.25, -0.2) is 4.98 Å². The molecule has 3 rings (SSSR count). The molecule has 0 radical (unpaired) electrons. The fourth-order valence-corrected chi connectivity index (χ4v) is 3.98. The van der Waals surface area contributed by atoms with Gasteiger partial charge in [0.25, 0.3) is 0 Å². The quantitative estimate of drug-likeness (QED) is 0.780. The van der Waals surface area contributed by atoms with Gasteiger partial charge in [-0.15, -0.1) is 0 Å². The highest BCUT2D eigenvalue weighted by Gasteiger charge is 2.29. The molecule has 134 valence electrons. The molecule has 1 saturated heterocycles. The monoisotopic (exact) mass is 338 g/mol. The van der Waals surface area contributed by atoms with Gasteiger partial charge in [0.1, 0.15) is 0 Å². The predicted octanol–water partition coefficient (Wildman–Crippen LogP) is 4.84. The average Bonchev–Trinajstić information content (AvgIpc) is 2.63. The Kier molecular flexibility index (Phi) is 5.74. The number of rotatable bonds is 5. The Morgan fingerprint density at radius 2 is 2.04 bits per heavy atom. The van der Waals surface area contributed by atoms with E-state index < -0.39 is 0 Å². The lowest BCUT2D eigenvalue weighted by molar-refractivity contribution is 0.159. The second kappa shape index (κ2) is 8.01. The van der Waals surface area contributed by atoms with Crippen molar-refractivity contribution in [1.82, 2.24) is 9.88 Å². The molecule has 2 heterocycles. The van der Waals surface area contributed by atoms with Crippen LogP contribution in [0.5, 0.6) is 5.88 Å². The maximum atomic E-state index is 5.26. The third-order valence-electron chi connectivity index (χ3n) is 5.47. The van der Waals surface area contributed by atoms with Gasteiger partial charge < -0.3 is 4.74 Å². The second-order valence-electron chi connectivity index (χ2n) is 7.60. The van der Waals surface area contributed by atoms with Crippen LogP contribution in [0.25, 0.3) is 0 Å². The number of likely N-dealkylation sites (tertiary alicyclic amines) is 1. The van der Waals surface area contributed by atoms with Crippen LogP contribution < -0.4 is 4.74 Å². The zero-order chi connectivity index (χ0) is 17.8. The molecule has 1 aromatic carbocycles. The van der Waals surface area contributed by atoms with Crippen LogP contribution >= 0.6 is 0 Å². The van der Waals surface area contributed by atoms with E-state index in [1.54, 1.807) is 12.7 Å². The summed E-state index contributed by atoms with van der Waals surface area (Å²) in [6, 6.07) is 13.2. The number of hydrogen-bond acceptors (Lipinski definition) is 3. The first-order chi connectivity index (χ1) is 12.1. The lowest BCUT2D eigenvalue weighted by Gasteiger charge is -2.38. The minimum Gasteiger partial charge on any atom is -0.481 e. The third kappa shape index (κ3) is 4.21. The number of hydrogen-bond donors (Lipinski definition) is 0. The summed E-state index contributed by atoms with van der Waals surface area (Å²) < 4.78 is 5.26. The number of benzene rings is 1. The van der Waals surface area contributed by atoms with Crippen molar-refractivity contribution in [1.29, 1.82) is 0 Å². The van der Waals surface area contributed by atoms with Crippen LogP contribution in [-0.4, -0.2) is 30.1 Å². The van der Waals surface area contributed by atoms with Crippen molar-refractivity contribution >= 4 is 0 Å². The van der Waals surface area contributed by atoms with Crippen molar-refractivity contribution in [3.63, 3.8) is 0 Å². The Bertz CT molecular complexity index is 698. The van der Waals surface area contributed by atoms with Crippen molar-refractivity contribution in [2.75, 3.05) is 20.2 Å². The van der Waals surface area contributed by atoms with E-state index in [9.17, 15) is 0 Å². The highest BCUT2D eigenvalue weighted by molar-refractivity contribution is 5.34. The molecular formula is C22H30N2O. The van der Waals surface area contributed by atoms with Crippen molar-refractivity contribution in [2.24, 2.45) is 5.92 Å². The number of pyridine rings is 1. The number of nitrogens with zero attached hydrogens (tertiary/aromatic N) is 2. The first-order valence-corrected chi connectivity index (χ1v) is 9.38. The molecule has 25 heavy (non-hydrogen) atoms. The number of ether oxygens (including phenoxy) is 1. The highest BCUT2D eigenvalue weighted by atomic mass is 16.5. The SMILES string of the molecule is COc1cc(CN2CCC(C)C(c3ccccc3C(C)C)C2)ccn1. The molecule has 0 saturated carbocycles. The highest BCUT2D eigenvalue weighted by Crippen LogP contribution is 2.36. The van der Waals surface area contributed by atoms with E-state index >= 15 is 0 Å². The Labute approximate surface area is 152 Å². The third-order valence-corrected chi connectivity index (χ3v) is 5.47. The maximum absolute atomic E-state index is 5.26. The number of methoxy groups -OCH3 is 1. The molecule has 2 atom stereocenters. The van der Waals surface area contributed by atoms with Crippen LogP contribution in [0, 0.1) is 5.92 Å². The van der Waals surface area contributed by atoms with Crippen molar-refractivity contribution in [3.05, 3.63) is 59.3 Å². The molecule has 0 spiro atoms. The first-order valence-electron chi connectivity index (χ1n) is 9.38. The van der Waals surface area contributed by atoms with Gasteiger partial charge in [0, 0.05) is 25.4 Å². The van der Waals surface area contributed by atoms with Gasteiger partial charge in [-0.2, -0.15) is 0 Å². The minimum absolute atomic E-state index is 0.572. The first kappa shape index (κ1) is 17.9. The summed E-state index contributed by atoms with van der Waals surface area (Å²) in [5.41, 5.74) is 4.33. The lowest BCUT2D eigenvalue weighted by atomic mass is 9.78. The Balaban J connectivity index is 1.78.